The zero-order valence-corrected chi connectivity index (χ0v) is 16.5. The summed E-state index contributed by atoms with van der Waals surface area (Å²) in [6.07, 6.45) is 3.30. The Morgan fingerprint density at radius 3 is 2.48 bits per heavy atom. The van der Waals surface area contributed by atoms with Crippen molar-refractivity contribution in [2.24, 2.45) is 0 Å². The van der Waals surface area contributed by atoms with Gasteiger partial charge in [0.15, 0.2) is 0 Å². The minimum Gasteiger partial charge on any atom is -0.488 e. The van der Waals surface area contributed by atoms with E-state index < -0.39 is 15.8 Å². The molecule has 0 atom stereocenters. The van der Waals surface area contributed by atoms with Crippen LogP contribution >= 0.6 is 0 Å². The molecular formula is C20H23FN2O3S. The lowest BCUT2D eigenvalue weighted by Gasteiger charge is -2.12. The molecule has 1 aromatic heterocycles. The predicted molar refractivity (Wildman–Crippen MR) is 105 cm³/mol. The van der Waals surface area contributed by atoms with Gasteiger partial charge in [-0.2, -0.15) is 0 Å². The second-order valence-corrected chi connectivity index (χ2v) is 8.70. The largest absolute Gasteiger partial charge is 0.488 e. The normalized spacial score (nSPS) is 12.0. The van der Waals surface area contributed by atoms with Gasteiger partial charge in [0, 0.05) is 24.2 Å². The van der Waals surface area contributed by atoms with Gasteiger partial charge in [-0.25, -0.2) is 16.8 Å². The van der Waals surface area contributed by atoms with Crippen molar-refractivity contribution in [3.05, 3.63) is 65.6 Å². The van der Waals surface area contributed by atoms with E-state index in [0.717, 1.165) is 27.9 Å². The first kappa shape index (κ1) is 19.4. The summed E-state index contributed by atoms with van der Waals surface area (Å²) in [5, 5.41) is 0.639. The standard InChI is InChI=1S/C20H23FN2O3S/c1-22(2)10-9-16-13-23(27(3,24)25)18-11-17(21)12-19(20(16)18)26-14-15-7-5-4-6-8-15/h4-8,11-13H,9-10,14H2,1-3H3. The average Bonchev–Trinajstić information content (AvgIpc) is 2.97. The summed E-state index contributed by atoms with van der Waals surface area (Å²) in [5.74, 6) is -0.183. The molecule has 1 heterocycles. The van der Waals surface area contributed by atoms with E-state index in [2.05, 4.69) is 0 Å². The number of benzene rings is 2. The van der Waals surface area contributed by atoms with Crippen molar-refractivity contribution in [2.75, 3.05) is 26.9 Å². The van der Waals surface area contributed by atoms with Crippen molar-refractivity contribution in [1.29, 1.82) is 0 Å². The van der Waals surface area contributed by atoms with E-state index in [9.17, 15) is 12.8 Å². The summed E-state index contributed by atoms with van der Waals surface area (Å²) in [7, 11) is 0.326. The highest BCUT2D eigenvalue weighted by atomic mass is 32.2. The van der Waals surface area contributed by atoms with Crippen LogP contribution in [-0.4, -0.2) is 44.2 Å². The minimum atomic E-state index is -3.57. The van der Waals surface area contributed by atoms with Gasteiger partial charge in [-0.15, -0.1) is 0 Å². The Hall–Kier alpha value is -2.38. The van der Waals surface area contributed by atoms with Gasteiger partial charge in [0.2, 0.25) is 10.0 Å². The molecule has 0 aliphatic heterocycles. The lowest BCUT2D eigenvalue weighted by molar-refractivity contribution is 0.308. The molecule has 0 amide bonds. The van der Waals surface area contributed by atoms with Gasteiger partial charge in [0.05, 0.1) is 11.8 Å². The van der Waals surface area contributed by atoms with Gasteiger partial charge in [-0.3, -0.25) is 0 Å². The Kier molecular flexibility index (Phi) is 5.53. The van der Waals surface area contributed by atoms with Gasteiger partial charge >= 0.3 is 0 Å². The Labute approximate surface area is 159 Å². The monoisotopic (exact) mass is 390 g/mol. The van der Waals surface area contributed by atoms with Crippen molar-refractivity contribution in [2.45, 2.75) is 13.0 Å². The fraction of sp³-hybridized carbons (Fsp3) is 0.300. The Morgan fingerprint density at radius 1 is 1.15 bits per heavy atom. The van der Waals surface area contributed by atoms with Crippen LogP contribution in [0.4, 0.5) is 4.39 Å². The van der Waals surface area contributed by atoms with Gasteiger partial charge < -0.3 is 9.64 Å². The van der Waals surface area contributed by atoms with Crippen molar-refractivity contribution < 1.29 is 17.5 Å². The van der Waals surface area contributed by atoms with E-state index in [4.69, 9.17) is 4.74 Å². The van der Waals surface area contributed by atoms with Crippen LogP contribution < -0.4 is 4.74 Å². The molecular weight excluding hydrogens is 367 g/mol. The maximum atomic E-state index is 14.2. The van der Waals surface area contributed by atoms with Crippen LogP contribution in [0.15, 0.2) is 48.7 Å². The summed E-state index contributed by atoms with van der Waals surface area (Å²) >= 11 is 0. The molecule has 0 fully saturated rings. The molecule has 3 rings (SSSR count). The number of fused-ring (bicyclic) bond motifs is 1. The molecule has 7 heteroatoms. The molecule has 0 N–H and O–H groups in total. The first-order valence-electron chi connectivity index (χ1n) is 8.61. The van der Waals surface area contributed by atoms with E-state index in [1.54, 1.807) is 6.20 Å². The number of nitrogens with zero attached hydrogens (tertiary/aromatic N) is 2. The molecule has 144 valence electrons. The van der Waals surface area contributed by atoms with Gasteiger partial charge in [0.1, 0.15) is 18.2 Å². The van der Waals surface area contributed by atoms with Crippen LogP contribution in [0.3, 0.4) is 0 Å². The molecule has 0 aliphatic carbocycles. The third kappa shape index (κ3) is 4.48. The van der Waals surface area contributed by atoms with Crippen molar-refractivity contribution >= 4 is 20.9 Å². The first-order chi connectivity index (χ1) is 12.8. The number of likely N-dealkylation sites (N-methyl/N-ethyl adjacent to an activating group) is 1. The lowest BCUT2D eigenvalue weighted by Crippen LogP contribution is -2.15. The number of aromatic nitrogens is 1. The van der Waals surface area contributed by atoms with Crippen LogP contribution in [0.2, 0.25) is 0 Å². The smallest absolute Gasteiger partial charge is 0.236 e. The number of rotatable bonds is 7. The summed E-state index contributed by atoms with van der Waals surface area (Å²) in [4.78, 5) is 2.01. The quantitative estimate of drug-likeness (QED) is 0.621. The van der Waals surface area contributed by atoms with Crippen molar-refractivity contribution in [3.8, 4) is 5.75 Å². The number of halogens is 1. The second-order valence-electron chi connectivity index (χ2n) is 6.84. The molecule has 0 unspecified atom stereocenters. The van der Waals surface area contributed by atoms with Gasteiger partial charge in [-0.1, -0.05) is 30.3 Å². The van der Waals surface area contributed by atoms with E-state index in [-0.39, 0.29) is 6.61 Å². The number of ether oxygens (including phenoxy) is 1. The van der Waals surface area contributed by atoms with E-state index >= 15 is 0 Å². The first-order valence-corrected chi connectivity index (χ1v) is 10.5. The van der Waals surface area contributed by atoms with Gasteiger partial charge in [0.25, 0.3) is 0 Å². The zero-order valence-electron chi connectivity index (χ0n) is 15.6. The third-order valence-corrected chi connectivity index (χ3v) is 5.32. The molecule has 5 nitrogen and oxygen atoms in total. The third-order valence-electron chi connectivity index (χ3n) is 4.30. The highest BCUT2D eigenvalue weighted by molar-refractivity contribution is 7.89. The van der Waals surface area contributed by atoms with Crippen LogP contribution in [0.5, 0.6) is 5.75 Å². The number of hydrogen-bond donors (Lipinski definition) is 0. The fourth-order valence-electron chi connectivity index (χ4n) is 3.00. The van der Waals surface area contributed by atoms with Crippen LogP contribution in [0, 0.1) is 5.82 Å². The molecule has 0 saturated heterocycles. The minimum absolute atomic E-state index is 0.274. The Morgan fingerprint density at radius 2 is 1.85 bits per heavy atom. The van der Waals surface area contributed by atoms with Crippen molar-refractivity contribution in [3.63, 3.8) is 0 Å². The highest BCUT2D eigenvalue weighted by Gasteiger charge is 2.20. The SMILES string of the molecule is CN(C)CCc1cn(S(C)(=O)=O)c2cc(F)cc(OCc3ccccc3)c12. The summed E-state index contributed by atoms with van der Waals surface area (Å²) in [6.45, 7) is 1.01. The summed E-state index contributed by atoms with van der Waals surface area (Å²) in [6, 6.07) is 12.1. The Bertz CT molecular complexity index is 1040. The highest BCUT2D eigenvalue weighted by Crippen LogP contribution is 2.34. The number of hydrogen-bond acceptors (Lipinski definition) is 4. The summed E-state index contributed by atoms with van der Waals surface area (Å²) < 4.78 is 45.6. The predicted octanol–water partition coefficient (Wildman–Crippen LogP) is 3.27. The molecule has 2 aromatic carbocycles. The molecule has 0 saturated carbocycles. The van der Waals surface area contributed by atoms with E-state index in [1.807, 2.05) is 49.3 Å². The average molecular weight is 390 g/mol. The van der Waals surface area contributed by atoms with Crippen LogP contribution in [0.1, 0.15) is 11.1 Å². The Balaban J connectivity index is 2.09. The summed E-state index contributed by atoms with van der Waals surface area (Å²) in [5.41, 5.74) is 2.06. The molecule has 0 aliphatic rings. The van der Waals surface area contributed by atoms with Crippen LogP contribution in [0.25, 0.3) is 10.9 Å². The zero-order chi connectivity index (χ0) is 19.6. The lowest BCUT2D eigenvalue weighted by atomic mass is 10.1. The molecule has 3 aromatic rings. The topological polar surface area (TPSA) is 51.5 Å². The van der Waals surface area contributed by atoms with E-state index in [1.165, 1.54) is 12.1 Å². The maximum absolute atomic E-state index is 14.2. The van der Waals surface area contributed by atoms with Gasteiger partial charge in [-0.05, 0) is 37.7 Å². The molecule has 0 bridgehead atoms. The maximum Gasteiger partial charge on any atom is 0.236 e. The van der Waals surface area contributed by atoms with E-state index in [0.29, 0.717) is 23.1 Å². The molecule has 0 radical (unpaired) electrons. The fourth-order valence-corrected chi connectivity index (χ4v) is 3.82. The molecule has 27 heavy (non-hydrogen) atoms. The molecule has 0 spiro atoms. The van der Waals surface area contributed by atoms with Crippen LogP contribution in [-0.2, 0) is 23.1 Å². The second kappa shape index (κ2) is 7.70. The van der Waals surface area contributed by atoms with Crippen molar-refractivity contribution in [1.82, 2.24) is 8.87 Å².